The summed E-state index contributed by atoms with van der Waals surface area (Å²) < 4.78 is 15.4. The lowest BCUT2D eigenvalue weighted by Crippen LogP contribution is -2.29. The Labute approximate surface area is 142 Å². The topological polar surface area (TPSA) is 71.3 Å². The maximum atomic E-state index is 14.2. The Bertz CT molecular complexity index is 895. The van der Waals surface area contributed by atoms with Gasteiger partial charge in [0.2, 0.25) is 5.95 Å². The van der Waals surface area contributed by atoms with E-state index in [1.54, 1.807) is 24.5 Å². The first-order chi connectivity index (χ1) is 11.6. The number of rotatable bonds is 5. The molecule has 0 saturated carbocycles. The number of hydrogen-bond donors (Lipinski definition) is 2. The molecule has 0 radical (unpaired) electrons. The van der Waals surface area contributed by atoms with Crippen LogP contribution in [0.3, 0.4) is 0 Å². The van der Waals surface area contributed by atoms with Gasteiger partial charge < -0.3 is 10.6 Å². The molecule has 0 aliphatic heterocycles. The van der Waals surface area contributed by atoms with E-state index in [1.165, 1.54) is 6.20 Å². The number of fused-ring (bicyclic) bond motifs is 1. The van der Waals surface area contributed by atoms with Crippen molar-refractivity contribution in [2.75, 3.05) is 18.4 Å². The first-order valence-corrected chi connectivity index (χ1v) is 7.70. The van der Waals surface area contributed by atoms with Gasteiger partial charge in [-0.25, -0.2) is 4.98 Å². The van der Waals surface area contributed by atoms with Crippen LogP contribution in [0.2, 0.25) is 5.02 Å². The lowest BCUT2D eigenvalue weighted by Gasteiger charge is -2.09. The van der Waals surface area contributed by atoms with Crippen molar-refractivity contribution in [1.29, 1.82) is 0 Å². The van der Waals surface area contributed by atoms with Gasteiger partial charge in [0.05, 0.1) is 5.02 Å². The average molecular weight is 348 g/mol. The summed E-state index contributed by atoms with van der Waals surface area (Å²) in [6, 6.07) is 4.99. The van der Waals surface area contributed by atoms with Crippen LogP contribution in [-0.2, 0) is 0 Å². The van der Waals surface area contributed by atoms with Gasteiger partial charge in [0.25, 0.3) is 5.91 Å². The SMILES string of the molecule is Cc1cnccc1NCCNC(=O)c1nc2ccc(Cl)cn2c1F. The number of halogens is 2. The lowest BCUT2D eigenvalue weighted by atomic mass is 10.2. The Balaban J connectivity index is 1.61. The minimum Gasteiger partial charge on any atom is -0.383 e. The lowest BCUT2D eigenvalue weighted by molar-refractivity contribution is 0.0946. The second-order valence-corrected chi connectivity index (χ2v) is 5.64. The van der Waals surface area contributed by atoms with Crippen LogP contribution in [0, 0.1) is 12.9 Å². The fourth-order valence-corrected chi connectivity index (χ4v) is 2.42. The van der Waals surface area contributed by atoms with Crippen LogP contribution < -0.4 is 10.6 Å². The third-order valence-electron chi connectivity index (χ3n) is 3.49. The number of nitrogens with zero attached hydrogens (tertiary/aromatic N) is 3. The predicted molar refractivity (Wildman–Crippen MR) is 90.0 cm³/mol. The molecule has 0 aliphatic carbocycles. The molecule has 0 spiro atoms. The first-order valence-electron chi connectivity index (χ1n) is 7.32. The molecule has 0 bridgehead atoms. The van der Waals surface area contributed by atoms with Crippen molar-refractivity contribution in [3.63, 3.8) is 0 Å². The molecule has 2 N–H and O–H groups in total. The average Bonchev–Trinajstić information content (AvgIpc) is 2.89. The fraction of sp³-hybridized carbons (Fsp3) is 0.188. The van der Waals surface area contributed by atoms with Gasteiger partial charge in [-0.1, -0.05) is 11.6 Å². The van der Waals surface area contributed by atoms with Crippen molar-refractivity contribution in [3.05, 3.63) is 59.0 Å². The smallest absolute Gasteiger partial charge is 0.274 e. The molecular formula is C16H15ClFN5O. The number of aromatic nitrogens is 3. The highest BCUT2D eigenvalue weighted by Crippen LogP contribution is 2.15. The van der Waals surface area contributed by atoms with Gasteiger partial charge in [0, 0.05) is 37.4 Å². The standard InChI is InChI=1S/C16H15ClFN5O/c1-10-8-19-5-4-12(10)20-6-7-21-16(24)14-15(18)23-9-11(17)2-3-13(23)22-14/h2-5,8-9H,6-7H2,1H3,(H,19,20)(H,21,24). The van der Waals surface area contributed by atoms with Gasteiger partial charge in [0.15, 0.2) is 5.69 Å². The van der Waals surface area contributed by atoms with Crippen molar-refractivity contribution < 1.29 is 9.18 Å². The molecule has 3 aromatic rings. The number of aryl methyl sites for hydroxylation is 1. The third-order valence-corrected chi connectivity index (χ3v) is 3.71. The molecule has 124 valence electrons. The summed E-state index contributed by atoms with van der Waals surface area (Å²) in [7, 11) is 0. The normalized spacial score (nSPS) is 10.8. The third kappa shape index (κ3) is 3.30. The van der Waals surface area contributed by atoms with E-state index in [0.717, 1.165) is 15.7 Å². The van der Waals surface area contributed by atoms with Crippen LogP contribution in [0.25, 0.3) is 5.65 Å². The molecule has 0 saturated heterocycles. The maximum absolute atomic E-state index is 14.2. The molecule has 6 nitrogen and oxygen atoms in total. The zero-order valence-corrected chi connectivity index (χ0v) is 13.6. The first kappa shape index (κ1) is 16.2. The summed E-state index contributed by atoms with van der Waals surface area (Å²) in [5.41, 5.74) is 2.02. The molecule has 24 heavy (non-hydrogen) atoms. The Morgan fingerprint density at radius 2 is 2.17 bits per heavy atom. The summed E-state index contributed by atoms with van der Waals surface area (Å²) in [4.78, 5) is 20.1. The molecule has 8 heteroatoms. The molecule has 0 aromatic carbocycles. The molecule has 3 heterocycles. The maximum Gasteiger partial charge on any atom is 0.274 e. The number of carbonyl (C=O) groups excluding carboxylic acids is 1. The highest BCUT2D eigenvalue weighted by Gasteiger charge is 2.18. The molecular weight excluding hydrogens is 333 g/mol. The van der Waals surface area contributed by atoms with Crippen LogP contribution in [0.15, 0.2) is 36.8 Å². The van der Waals surface area contributed by atoms with Gasteiger partial charge in [-0.15, -0.1) is 0 Å². The number of imidazole rings is 1. The van der Waals surface area contributed by atoms with Crippen molar-refractivity contribution in [1.82, 2.24) is 19.7 Å². The van der Waals surface area contributed by atoms with E-state index in [4.69, 9.17) is 11.6 Å². The van der Waals surface area contributed by atoms with Crippen LogP contribution in [0.4, 0.5) is 10.1 Å². The van der Waals surface area contributed by atoms with Gasteiger partial charge in [-0.3, -0.25) is 14.2 Å². The van der Waals surface area contributed by atoms with Crippen LogP contribution in [-0.4, -0.2) is 33.4 Å². The van der Waals surface area contributed by atoms with Crippen LogP contribution >= 0.6 is 11.6 Å². The van der Waals surface area contributed by atoms with Crippen LogP contribution in [0.5, 0.6) is 0 Å². The second kappa shape index (κ2) is 6.84. The van der Waals surface area contributed by atoms with E-state index in [2.05, 4.69) is 20.6 Å². The van der Waals surface area contributed by atoms with Gasteiger partial charge in [-0.05, 0) is 30.7 Å². The second-order valence-electron chi connectivity index (χ2n) is 5.20. The Morgan fingerprint density at radius 3 is 2.96 bits per heavy atom. The molecule has 3 aromatic heterocycles. The van der Waals surface area contributed by atoms with Gasteiger partial charge in [0.1, 0.15) is 5.65 Å². The summed E-state index contributed by atoms with van der Waals surface area (Å²) in [5, 5.41) is 6.18. The predicted octanol–water partition coefficient (Wildman–Crippen LogP) is 2.67. The van der Waals surface area contributed by atoms with Crippen LogP contribution in [0.1, 0.15) is 16.1 Å². The number of anilines is 1. The Kier molecular flexibility index (Phi) is 4.61. The number of pyridine rings is 2. The number of nitrogens with one attached hydrogen (secondary N) is 2. The van der Waals surface area contributed by atoms with E-state index in [9.17, 15) is 9.18 Å². The molecule has 1 amide bonds. The minimum absolute atomic E-state index is 0.252. The highest BCUT2D eigenvalue weighted by molar-refractivity contribution is 6.30. The zero-order valence-electron chi connectivity index (χ0n) is 12.9. The molecule has 0 atom stereocenters. The van der Waals surface area contributed by atoms with Crippen molar-refractivity contribution in [2.24, 2.45) is 0 Å². The summed E-state index contributed by atoms with van der Waals surface area (Å²) in [6.07, 6.45) is 4.81. The summed E-state index contributed by atoms with van der Waals surface area (Å²) in [6.45, 7) is 2.76. The van der Waals surface area contributed by atoms with E-state index in [0.29, 0.717) is 23.8 Å². The van der Waals surface area contributed by atoms with Gasteiger partial charge in [-0.2, -0.15) is 4.39 Å². The highest BCUT2D eigenvalue weighted by atomic mass is 35.5. The monoisotopic (exact) mass is 347 g/mol. The van der Waals surface area contributed by atoms with E-state index < -0.39 is 11.9 Å². The van der Waals surface area contributed by atoms with E-state index in [1.807, 2.05) is 13.0 Å². The molecule has 3 rings (SSSR count). The van der Waals surface area contributed by atoms with Gasteiger partial charge >= 0.3 is 0 Å². The zero-order chi connectivity index (χ0) is 17.1. The number of hydrogen-bond acceptors (Lipinski definition) is 4. The summed E-state index contributed by atoms with van der Waals surface area (Å²) in [5.74, 6) is -1.30. The molecule has 0 fully saturated rings. The minimum atomic E-state index is -0.733. The largest absolute Gasteiger partial charge is 0.383 e. The Hall–Kier alpha value is -2.67. The van der Waals surface area contributed by atoms with Crippen molar-refractivity contribution in [2.45, 2.75) is 6.92 Å². The molecule has 0 unspecified atom stereocenters. The number of carbonyl (C=O) groups is 1. The quantitative estimate of drug-likeness (QED) is 0.696. The summed E-state index contributed by atoms with van der Waals surface area (Å²) >= 11 is 5.82. The van der Waals surface area contributed by atoms with E-state index >= 15 is 0 Å². The fourth-order valence-electron chi connectivity index (χ4n) is 2.26. The molecule has 0 aliphatic rings. The Morgan fingerprint density at radius 1 is 1.33 bits per heavy atom. The van der Waals surface area contributed by atoms with E-state index in [-0.39, 0.29) is 5.69 Å². The number of amides is 1. The van der Waals surface area contributed by atoms with Crippen molar-refractivity contribution >= 4 is 28.8 Å². The van der Waals surface area contributed by atoms with Crippen molar-refractivity contribution in [3.8, 4) is 0 Å².